The summed E-state index contributed by atoms with van der Waals surface area (Å²) >= 11 is 1.76. The number of benzene rings is 1. The van der Waals surface area contributed by atoms with Crippen LogP contribution >= 0.6 is 11.8 Å². The van der Waals surface area contributed by atoms with Gasteiger partial charge >= 0.3 is 0 Å². The average Bonchev–Trinajstić information content (AvgIpc) is 2.41. The minimum Gasteiger partial charge on any atom is -0.355 e. The highest BCUT2D eigenvalue weighted by molar-refractivity contribution is 7.99. The minimum atomic E-state index is 0.153. The third-order valence-electron chi connectivity index (χ3n) is 2.54. The Bertz CT molecular complexity index is 330. The molecule has 0 atom stereocenters. The van der Waals surface area contributed by atoms with Crippen LogP contribution in [0.4, 0.5) is 0 Å². The van der Waals surface area contributed by atoms with Crippen LogP contribution in [0.25, 0.3) is 0 Å². The zero-order chi connectivity index (χ0) is 13.1. The highest BCUT2D eigenvalue weighted by Crippen LogP contribution is 2.15. The molecule has 1 rings (SSSR count). The van der Waals surface area contributed by atoms with Gasteiger partial charge in [0.25, 0.3) is 0 Å². The van der Waals surface area contributed by atoms with Crippen LogP contribution in [0, 0.1) is 0 Å². The lowest BCUT2D eigenvalue weighted by atomic mass is 10.2. The summed E-state index contributed by atoms with van der Waals surface area (Å²) in [6.45, 7) is 1.45. The monoisotopic (exact) mass is 266 g/mol. The van der Waals surface area contributed by atoms with E-state index in [0.29, 0.717) is 6.42 Å². The first kappa shape index (κ1) is 15.1. The molecular weight excluding hydrogens is 244 g/mol. The van der Waals surface area contributed by atoms with Gasteiger partial charge in [0.2, 0.25) is 5.91 Å². The van der Waals surface area contributed by atoms with E-state index in [1.54, 1.807) is 11.8 Å². The van der Waals surface area contributed by atoms with E-state index < -0.39 is 0 Å². The second-order valence-corrected chi connectivity index (χ2v) is 5.28. The summed E-state index contributed by atoms with van der Waals surface area (Å²) in [6.07, 6.45) is 3.62. The van der Waals surface area contributed by atoms with Gasteiger partial charge in [-0.05, 0) is 31.5 Å². The van der Waals surface area contributed by atoms with Crippen LogP contribution in [0.3, 0.4) is 0 Å². The van der Waals surface area contributed by atoms with E-state index in [-0.39, 0.29) is 5.91 Å². The molecule has 0 fully saturated rings. The van der Waals surface area contributed by atoms with E-state index in [2.05, 4.69) is 17.4 Å². The Labute approximate surface area is 114 Å². The fraction of sp³-hybridized carbons (Fsp3) is 0.500. The van der Waals surface area contributed by atoms with Crippen molar-refractivity contribution in [1.29, 1.82) is 0 Å². The Hall–Kier alpha value is -1.00. The van der Waals surface area contributed by atoms with Gasteiger partial charge in [0.05, 0.1) is 0 Å². The fourth-order valence-electron chi connectivity index (χ4n) is 1.57. The summed E-state index contributed by atoms with van der Waals surface area (Å²) in [7, 11) is 0. The molecule has 3 nitrogen and oxygen atoms in total. The molecule has 1 amide bonds. The number of nitrogens with two attached hydrogens (primary N) is 1. The van der Waals surface area contributed by atoms with Crippen molar-refractivity contribution in [3.05, 3.63) is 30.3 Å². The molecule has 18 heavy (non-hydrogen) atoms. The molecule has 1 aromatic carbocycles. The normalized spacial score (nSPS) is 10.3. The molecule has 0 aliphatic heterocycles. The Morgan fingerprint density at radius 2 is 1.94 bits per heavy atom. The van der Waals surface area contributed by atoms with Crippen LogP contribution in [0.2, 0.25) is 0 Å². The second-order valence-electron chi connectivity index (χ2n) is 4.11. The Balaban J connectivity index is 1.99. The number of thioether (sulfide) groups is 1. The third-order valence-corrected chi connectivity index (χ3v) is 3.56. The van der Waals surface area contributed by atoms with Crippen LogP contribution < -0.4 is 11.1 Å². The predicted octanol–water partition coefficient (Wildman–Crippen LogP) is 2.41. The molecule has 0 aliphatic carbocycles. The Kier molecular flexibility index (Phi) is 8.34. The molecule has 1 aromatic rings. The van der Waals surface area contributed by atoms with Crippen LogP contribution in [0.15, 0.2) is 35.2 Å². The van der Waals surface area contributed by atoms with Crippen LogP contribution in [-0.4, -0.2) is 24.7 Å². The summed E-state index contributed by atoms with van der Waals surface area (Å²) in [4.78, 5) is 12.7. The molecule has 0 saturated carbocycles. The average molecular weight is 266 g/mol. The molecule has 0 spiro atoms. The first-order chi connectivity index (χ1) is 8.83. The number of hydrogen-bond acceptors (Lipinski definition) is 3. The quantitative estimate of drug-likeness (QED) is 0.533. The van der Waals surface area contributed by atoms with Crippen molar-refractivity contribution in [3.8, 4) is 0 Å². The van der Waals surface area contributed by atoms with Crippen molar-refractivity contribution in [2.45, 2.75) is 30.6 Å². The van der Waals surface area contributed by atoms with Gasteiger partial charge in [-0.2, -0.15) is 0 Å². The minimum absolute atomic E-state index is 0.153. The molecule has 4 heteroatoms. The van der Waals surface area contributed by atoms with Crippen molar-refractivity contribution in [2.75, 3.05) is 18.8 Å². The summed E-state index contributed by atoms with van der Waals surface area (Å²) in [5, 5.41) is 2.94. The lowest BCUT2D eigenvalue weighted by molar-refractivity contribution is -0.121. The van der Waals surface area contributed by atoms with Crippen molar-refractivity contribution >= 4 is 17.7 Å². The number of nitrogens with one attached hydrogen (secondary N) is 1. The third kappa shape index (κ3) is 7.35. The van der Waals surface area contributed by atoms with Gasteiger partial charge in [0.1, 0.15) is 0 Å². The zero-order valence-corrected chi connectivity index (χ0v) is 11.5. The Morgan fingerprint density at radius 1 is 1.17 bits per heavy atom. The van der Waals surface area contributed by atoms with E-state index in [1.807, 2.05) is 18.2 Å². The van der Waals surface area contributed by atoms with E-state index in [1.165, 1.54) is 4.90 Å². The highest BCUT2D eigenvalue weighted by atomic mass is 32.2. The lowest BCUT2D eigenvalue weighted by Crippen LogP contribution is -2.25. The first-order valence-corrected chi connectivity index (χ1v) is 7.46. The summed E-state index contributed by atoms with van der Waals surface area (Å²) in [5.74, 6) is 1.07. The second kappa shape index (κ2) is 9.97. The van der Waals surface area contributed by atoms with E-state index >= 15 is 0 Å². The molecule has 0 aliphatic rings. The number of hydrogen-bond donors (Lipinski definition) is 2. The molecule has 0 bridgehead atoms. The van der Waals surface area contributed by atoms with E-state index in [0.717, 1.165) is 38.1 Å². The van der Waals surface area contributed by atoms with Crippen molar-refractivity contribution in [3.63, 3.8) is 0 Å². The molecule has 0 radical (unpaired) electrons. The largest absolute Gasteiger partial charge is 0.355 e. The molecule has 0 aromatic heterocycles. The van der Waals surface area contributed by atoms with Gasteiger partial charge in [-0.15, -0.1) is 11.8 Å². The number of carbonyl (C=O) groups is 1. The van der Waals surface area contributed by atoms with Crippen LogP contribution in [0.1, 0.15) is 25.7 Å². The van der Waals surface area contributed by atoms with E-state index in [4.69, 9.17) is 5.73 Å². The summed E-state index contributed by atoms with van der Waals surface area (Å²) in [5.41, 5.74) is 5.40. The molecule has 0 heterocycles. The van der Waals surface area contributed by atoms with Gasteiger partial charge in [-0.1, -0.05) is 24.6 Å². The summed E-state index contributed by atoms with van der Waals surface area (Å²) < 4.78 is 0. The smallest absolute Gasteiger partial charge is 0.220 e. The maximum Gasteiger partial charge on any atom is 0.220 e. The number of unbranched alkanes of at least 4 members (excludes halogenated alkanes) is 2. The standard InChI is InChI=1S/C14H22N2OS/c15-10-6-2-5-9-14(17)16-11-12-18-13-7-3-1-4-8-13/h1,3-4,7-8H,2,5-6,9-12,15H2,(H,16,17). The van der Waals surface area contributed by atoms with Crippen molar-refractivity contribution in [2.24, 2.45) is 5.73 Å². The molecule has 100 valence electrons. The van der Waals surface area contributed by atoms with Gasteiger partial charge in [-0.25, -0.2) is 0 Å². The topological polar surface area (TPSA) is 55.1 Å². The summed E-state index contributed by atoms with van der Waals surface area (Å²) in [6, 6.07) is 10.2. The van der Waals surface area contributed by atoms with Gasteiger partial charge < -0.3 is 11.1 Å². The van der Waals surface area contributed by atoms with Crippen LogP contribution in [-0.2, 0) is 4.79 Å². The number of amides is 1. The first-order valence-electron chi connectivity index (χ1n) is 6.47. The fourth-order valence-corrected chi connectivity index (χ4v) is 2.36. The highest BCUT2D eigenvalue weighted by Gasteiger charge is 2.00. The maximum atomic E-state index is 11.5. The lowest BCUT2D eigenvalue weighted by Gasteiger charge is -2.05. The maximum absolute atomic E-state index is 11.5. The van der Waals surface area contributed by atoms with Gasteiger partial charge in [0, 0.05) is 23.6 Å². The SMILES string of the molecule is NCCCCCC(=O)NCCSc1ccccc1. The number of rotatable bonds is 9. The molecule has 0 unspecified atom stereocenters. The predicted molar refractivity (Wildman–Crippen MR) is 77.7 cm³/mol. The zero-order valence-electron chi connectivity index (χ0n) is 10.7. The molecule has 0 saturated heterocycles. The number of carbonyl (C=O) groups excluding carboxylic acids is 1. The van der Waals surface area contributed by atoms with Gasteiger partial charge in [-0.3, -0.25) is 4.79 Å². The van der Waals surface area contributed by atoms with Crippen LogP contribution in [0.5, 0.6) is 0 Å². The van der Waals surface area contributed by atoms with Crippen molar-refractivity contribution in [1.82, 2.24) is 5.32 Å². The van der Waals surface area contributed by atoms with Crippen molar-refractivity contribution < 1.29 is 4.79 Å². The van der Waals surface area contributed by atoms with Gasteiger partial charge in [0.15, 0.2) is 0 Å². The Morgan fingerprint density at radius 3 is 2.67 bits per heavy atom. The molecule has 3 N–H and O–H groups in total. The molecular formula is C14H22N2OS. The van der Waals surface area contributed by atoms with E-state index in [9.17, 15) is 4.79 Å².